The molecule has 1 aliphatic rings. The fourth-order valence-electron chi connectivity index (χ4n) is 2.96. The van der Waals surface area contributed by atoms with E-state index in [0.717, 1.165) is 18.4 Å². The van der Waals surface area contributed by atoms with Crippen LogP contribution in [0.3, 0.4) is 0 Å². The molecule has 126 valence electrons. The van der Waals surface area contributed by atoms with Crippen LogP contribution in [0.15, 0.2) is 48.8 Å². The summed E-state index contributed by atoms with van der Waals surface area (Å²) in [6.07, 6.45) is 6.02. The van der Waals surface area contributed by atoms with Gasteiger partial charge in [-0.05, 0) is 24.5 Å². The highest BCUT2D eigenvalue weighted by molar-refractivity contribution is 5.85. The number of piperidine rings is 1. The smallest absolute Gasteiger partial charge is 0.240 e. The van der Waals surface area contributed by atoms with Crippen molar-refractivity contribution in [3.05, 3.63) is 54.4 Å². The third-order valence-electron chi connectivity index (χ3n) is 4.22. The number of hydrogen-bond donors (Lipinski definition) is 1. The number of benzene rings is 1. The molecule has 1 aliphatic heterocycles. The monoisotopic (exact) mass is 326 g/mol. The second kappa shape index (κ2) is 7.77. The van der Waals surface area contributed by atoms with E-state index >= 15 is 0 Å². The van der Waals surface area contributed by atoms with Gasteiger partial charge in [-0.15, -0.1) is 0 Å². The molecule has 2 aromatic rings. The fourth-order valence-corrected chi connectivity index (χ4v) is 2.96. The summed E-state index contributed by atoms with van der Waals surface area (Å²) in [5.74, 6) is -0.0639. The second-order valence-corrected chi connectivity index (χ2v) is 6.03. The Labute approximate surface area is 141 Å². The number of hydrogen-bond acceptors (Lipinski definition) is 3. The van der Waals surface area contributed by atoms with Gasteiger partial charge >= 0.3 is 0 Å². The average molecular weight is 326 g/mol. The Kier molecular flexibility index (Phi) is 5.25. The molecule has 0 radical (unpaired) electrons. The van der Waals surface area contributed by atoms with Gasteiger partial charge in [0.15, 0.2) is 0 Å². The summed E-state index contributed by atoms with van der Waals surface area (Å²) in [4.78, 5) is 26.0. The zero-order chi connectivity index (χ0) is 16.8. The van der Waals surface area contributed by atoms with Crippen molar-refractivity contribution in [1.29, 1.82) is 0 Å². The molecule has 2 heterocycles. The molecule has 1 aromatic heterocycles. The highest BCUT2D eigenvalue weighted by Crippen LogP contribution is 2.15. The summed E-state index contributed by atoms with van der Waals surface area (Å²) in [6.45, 7) is 1.35. The van der Waals surface area contributed by atoms with Gasteiger partial charge in [-0.3, -0.25) is 14.3 Å². The number of amides is 2. The van der Waals surface area contributed by atoms with Crippen LogP contribution in [-0.4, -0.2) is 39.6 Å². The van der Waals surface area contributed by atoms with E-state index in [9.17, 15) is 9.59 Å². The maximum absolute atomic E-state index is 12.4. The Morgan fingerprint density at radius 1 is 1.21 bits per heavy atom. The molecule has 0 spiro atoms. The predicted octanol–water partition coefficient (Wildman–Crippen LogP) is 1.75. The second-order valence-electron chi connectivity index (χ2n) is 6.03. The standard InChI is InChI=1S/C18H22N4O2/c23-17(14-21-11-5-4-9-18(21)24)20-16(13-22-12-6-10-19-22)15-7-2-1-3-8-15/h1-3,6-8,10,12,16H,4-5,9,11,13-14H2,(H,20,23). The highest BCUT2D eigenvalue weighted by Gasteiger charge is 2.22. The van der Waals surface area contributed by atoms with E-state index in [1.807, 2.05) is 42.6 Å². The van der Waals surface area contributed by atoms with Gasteiger partial charge in [-0.25, -0.2) is 0 Å². The maximum atomic E-state index is 12.4. The third kappa shape index (κ3) is 4.22. The van der Waals surface area contributed by atoms with Gasteiger partial charge < -0.3 is 10.2 Å². The van der Waals surface area contributed by atoms with Crippen molar-refractivity contribution in [2.75, 3.05) is 13.1 Å². The molecule has 6 heteroatoms. The van der Waals surface area contributed by atoms with E-state index in [1.165, 1.54) is 0 Å². The van der Waals surface area contributed by atoms with E-state index in [-0.39, 0.29) is 24.4 Å². The lowest BCUT2D eigenvalue weighted by Crippen LogP contribution is -2.44. The Morgan fingerprint density at radius 2 is 2.04 bits per heavy atom. The zero-order valence-electron chi connectivity index (χ0n) is 13.6. The van der Waals surface area contributed by atoms with Gasteiger partial charge in [-0.2, -0.15) is 5.10 Å². The van der Waals surface area contributed by atoms with Crippen LogP contribution in [0.1, 0.15) is 30.9 Å². The summed E-state index contributed by atoms with van der Waals surface area (Å²) in [6, 6.07) is 11.5. The highest BCUT2D eigenvalue weighted by atomic mass is 16.2. The van der Waals surface area contributed by atoms with Crippen molar-refractivity contribution < 1.29 is 9.59 Å². The molecule has 1 saturated heterocycles. The molecular formula is C18H22N4O2. The van der Waals surface area contributed by atoms with E-state index in [2.05, 4.69) is 10.4 Å². The Morgan fingerprint density at radius 3 is 2.75 bits per heavy atom. The van der Waals surface area contributed by atoms with Crippen LogP contribution in [0.25, 0.3) is 0 Å². The molecule has 6 nitrogen and oxygen atoms in total. The summed E-state index contributed by atoms with van der Waals surface area (Å²) < 4.78 is 1.80. The third-order valence-corrected chi connectivity index (χ3v) is 4.22. The average Bonchev–Trinajstić information content (AvgIpc) is 3.10. The van der Waals surface area contributed by atoms with Crippen LogP contribution in [0, 0.1) is 0 Å². The topological polar surface area (TPSA) is 67.2 Å². The van der Waals surface area contributed by atoms with Crippen LogP contribution in [-0.2, 0) is 16.1 Å². The molecule has 0 saturated carbocycles. The van der Waals surface area contributed by atoms with Crippen molar-refractivity contribution >= 4 is 11.8 Å². The largest absolute Gasteiger partial charge is 0.346 e. The first kappa shape index (κ1) is 16.2. The van der Waals surface area contributed by atoms with Gasteiger partial charge in [0.05, 0.1) is 19.1 Å². The molecule has 2 amide bonds. The summed E-state index contributed by atoms with van der Waals surface area (Å²) in [5.41, 5.74) is 1.02. The Bertz CT molecular complexity index is 670. The minimum absolute atomic E-state index is 0.0692. The van der Waals surface area contributed by atoms with Crippen molar-refractivity contribution in [3.63, 3.8) is 0 Å². The number of likely N-dealkylation sites (tertiary alicyclic amines) is 1. The molecule has 24 heavy (non-hydrogen) atoms. The van der Waals surface area contributed by atoms with Crippen LogP contribution in [0.4, 0.5) is 0 Å². The van der Waals surface area contributed by atoms with Crippen LogP contribution >= 0.6 is 0 Å². The normalized spacial score (nSPS) is 16.0. The van der Waals surface area contributed by atoms with Crippen LogP contribution in [0.5, 0.6) is 0 Å². The lowest BCUT2D eigenvalue weighted by molar-refractivity contribution is -0.138. The number of rotatable bonds is 6. The SMILES string of the molecule is O=C(CN1CCCCC1=O)NC(Cn1cccn1)c1ccccc1. The number of nitrogens with zero attached hydrogens (tertiary/aromatic N) is 3. The first-order valence-electron chi connectivity index (χ1n) is 8.32. The van der Waals surface area contributed by atoms with E-state index in [0.29, 0.717) is 19.5 Å². The molecule has 1 N–H and O–H groups in total. The first-order valence-corrected chi connectivity index (χ1v) is 8.32. The first-order chi connectivity index (χ1) is 11.7. The summed E-state index contributed by atoms with van der Waals surface area (Å²) in [7, 11) is 0. The Hall–Kier alpha value is -2.63. The quantitative estimate of drug-likeness (QED) is 0.879. The Balaban J connectivity index is 1.66. The molecule has 3 rings (SSSR count). The van der Waals surface area contributed by atoms with Crippen molar-refractivity contribution in [1.82, 2.24) is 20.0 Å². The molecule has 1 fully saturated rings. The van der Waals surface area contributed by atoms with E-state index in [1.54, 1.807) is 15.8 Å². The molecule has 1 aromatic carbocycles. The van der Waals surface area contributed by atoms with Crippen LogP contribution in [0.2, 0.25) is 0 Å². The van der Waals surface area contributed by atoms with E-state index in [4.69, 9.17) is 0 Å². The lowest BCUT2D eigenvalue weighted by atomic mass is 10.1. The maximum Gasteiger partial charge on any atom is 0.240 e. The molecule has 0 aliphatic carbocycles. The fraction of sp³-hybridized carbons (Fsp3) is 0.389. The van der Waals surface area contributed by atoms with Gasteiger partial charge in [0.2, 0.25) is 11.8 Å². The summed E-state index contributed by atoms with van der Waals surface area (Å²) in [5, 5.41) is 7.26. The number of aromatic nitrogens is 2. The minimum atomic E-state index is -0.182. The number of carbonyl (C=O) groups excluding carboxylic acids is 2. The van der Waals surface area contributed by atoms with Crippen molar-refractivity contribution in [2.24, 2.45) is 0 Å². The van der Waals surface area contributed by atoms with Gasteiger partial charge in [0.25, 0.3) is 0 Å². The minimum Gasteiger partial charge on any atom is -0.346 e. The predicted molar refractivity (Wildman–Crippen MR) is 90.0 cm³/mol. The number of nitrogens with one attached hydrogen (secondary N) is 1. The van der Waals surface area contributed by atoms with Crippen molar-refractivity contribution in [2.45, 2.75) is 31.8 Å². The molecule has 1 unspecified atom stereocenters. The summed E-state index contributed by atoms with van der Waals surface area (Å²) >= 11 is 0. The van der Waals surface area contributed by atoms with Gasteiger partial charge in [0.1, 0.15) is 0 Å². The molecule has 1 atom stereocenters. The van der Waals surface area contributed by atoms with Gasteiger partial charge in [-0.1, -0.05) is 30.3 Å². The van der Waals surface area contributed by atoms with Gasteiger partial charge in [0, 0.05) is 25.4 Å². The van der Waals surface area contributed by atoms with Crippen LogP contribution < -0.4 is 5.32 Å². The van der Waals surface area contributed by atoms with Crippen molar-refractivity contribution in [3.8, 4) is 0 Å². The molecular weight excluding hydrogens is 304 g/mol. The zero-order valence-corrected chi connectivity index (χ0v) is 13.6. The van der Waals surface area contributed by atoms with E-state index < -0.39 is 0 Å². The number of carbonyl (C=O) groups is 2. The molecule has 0 bridgehead atoms. The lowest BCUT2D eigenvalue weighted by Gasteiger charge is -2.27.